The number of nitrogens with one attached hydrogen (secondary N) is 2. The standard InChI is InChI=1S/C13H22N2O/c1-10-7-12(5-6-15-9-14-3)8-11(2)13(10)16-4/h7-8,14-15H,5-6,9H2,1-4H3. The van der Waals surface area contributed by atoms with Gasteiger partial charge in [-0.15, -0.1) is 0 Å². The Bertz CT molecular complexity index is 314. The largest absolute Gasteiger partial charge is 0.496 e. The summed E-state index contributed by atoms with van der Waals surface area (Å²) in [6.45, 7) is 6.03. The highest BCUT2D eigenvalue weighted by Gasteiger charge is 2.04. The van der Waals surface area contributed by atoms with Gasteiger partial charge < -0.3 is 15.4 Å². The smallest absolute Gasteiger partial charge is 0.124 e. The number of hydrogen-bond acceptors (Lipinski definition) is 3. The lowest BCUT2D eigenvalue weighted by Crippen LogP contribution is -2.27. The van der Waals surface area contributed by atoms with E-state index in [0.29, 0.717) is 0 Å². The van der Waals surface area contributed by atoms with E-state index >= 15 is 0 Å². The number of benzene rings is 1. The summed E-state index contributed by atoms with van der Waals surface area (Å²) >= 11 is 0. The van der Waals surface area contributed by atoms with Gasteiger partial charge >= 0.3 is 0 Å². The minimum absolute atomic E-state index is 0.855. The molecule has 0 aliphatic rings. The Morgan fingerprint density at radius 3 is 2.31 bits per heavy atom. The van der Waals surface area contributed by atoms with Gasteiger partial charge in [0.1, 0.15) is 5.75 Å². The third-order valence-corrected chi connectivity index (χ3v) is 2.62. The lowest BCUT2D eigenvalue weighted by molar-refractivity contribution is 0.408. The van der Waals surface area contributed by atoms with Crippen molar-refractivity contribution >= 4 is 0 Å². The Labute approximate surface area is 98.2 Å². The molecular weight excluding hydrogens is 200 g/mol. The van der Waals surface area contributed by atoms with Crippen LogP contribution in [0.3, 0.4) is 0 Å². The second-order valence-corrected chi connectivity index (χ2v) is 4.04. The summed E-state index contributed by atoms with van der Waals surface area (Å²) in [4.78, 5) is 0. The van der Waals surface area contributed by atoms with Crippen LogP contribution in [0.2, 0.25) is 0 Å². The summed E-state index contributed by atoms with van der Waals surface area (Å²) in [7, 11) is 3.66. The van der Waals surface area contributed by atoms with E-state index in [1.54, 1.807) is 7.11 Å². The molecule has 1 rings (SSSR count). The third-order valence-electron chi connectivity index (χ3n) is 2.62. The van der Waals surface area contributed by atoms with Gasteiger partial charge in [-0.3, -0.25) is 0 Å². The molecular formula is C13H22N2O. The predicted molar refractivity (Wildman–Crippen MR) is 68.1 cm³/mol. The van der Waals surface area contributed by atoms with E-state index in [4.69, 9.17) is 4.74 Å². The summed E-state index contributed by atoms with van der Waals surface area (Å²) in [5, 5.41) is 6.37. The molecule has 0 saturated carbocycles. The summed E-state index contributed by atoms with van der Waals surface area (Å²) in [5.41, 5.74) is 3.79. The van der Waals surface area contributed by atoms with Gasteiger partial charge in [-0.2, -0.15) is 0 Å². The Balaban J connectivity index is 2.61. The van der Waals surface area contributed by atoms with Gasteiger partial charge in [0.05, 0.1) is 7.11 Å². The average Bonchev–Trinajstić information content (AvgIpc) is 2.24. The molecule has 0 bridgehead atoms. The van der Waals surface area contributed by atoms with Crippen molar-refractivity contribution in [3.63, 3.8) is 0 Å². The Morgan fingerprint density at radius 1 is 1.19 bits per heavy atom. The van der Waals surface area contributed by atoms with Gasteiger partial charge in [0.2, 0.25) is 0 Å². The highest BCUT2D eigenvalue weighted by atomic mass is 16.5. The number of ether oxygens (including phenoxy) is 1. The zero-order valence-electron chi connectivity index (χ0n) is 10.7. The molecule has 0 aliphatic carbocycles. The molecule has 0 radical (unpaired) electrons. The fourth-order valence-electron chi connectivity index (χ4n) is 1.95. The molecule has 0 unspecified atom stereocenters. The van der Waals surface area contributed by atoms with Gasteiger partial charge in [0.15, 0.2) is 0 Å². The molecule has 0 aliphatic heterocycles. The van der Waals surface area contributed by atoms with Crippen LogP contribution in [0.15, 0.2) is 12.1 Å². The van der Waals surface area contributed by atoms with Crippen molar-refractivity contribution in [2.24, 2.45) is 0 Å². The van der Waals surface area contributed by atoms with E-state index in [9.17, 15) is 0 Å². The predicted octanol–water partition coefficient (Wildman–Crippen LogP) is 1.62. The minimum Gasteiger partial charge on any atom is -0.496 e. The molecule has 0 atom stereocenters. The maximum absolute atomic E-state index is 5.35. The van der Waals surface area contributed by atoms with Crippen LogP contribution in [-0.2, 0) is 6.42 Å². The van der Waals surface area contributed by atoms with Crippen LogP contribution in [-0.4, -0.2) is 27.4 Å². The van der Waals surface area contributed by atoms with Crippen molar-refractivity contribution in [2.45, 2.75) is 20.3 Å². The van der Waals surface area contributed by atoms with Gasteiger partial charge in [-0.1, -0.05) is 12.1 Å². The van der Waals surface area contributed by atoms with Crippen molar-refractivity contribution in [3.8, 4) is 5.75 Å². The summed E-state index contributed by atoms with van der Waals surface area (Å²) < 4.78 is 5.35. The SMILES string of the molecule is CNCNCCc1cc(C)c(OC)c(C)c1. The van der Waals surface area contributed by atoms with E-state index in [0.717, 1.165) is 25.4 Å². The number of aryl methyl sites for hydroxylation is 2. The first-order chi connectivity index (χ1) is 7.69. The second-order valence-electron chi connectivity index (χ2n) is 4.04. The fourth-order valence-corrected chi connectivity index (χ4v) is 1.95. The normalized spacial score (nSPS) is 10.5. The molecule has 0 spiro atoms. The zero-order valence-corrected chi connectivity index (χ0v) is 10.7. The van der Waals surface area contributed by atoms with Crippen LogP contribution < -0.4 is 15.4 Å². The highest BCUT2D eigenvalue weighted by molar-refractivity contribution is 5.43. The lowest BCUT2D eigenvalue weighted by Gasteiger charge is -2.11. The van der Waals surface area contributed by atoms with Crippen LogP contribution in [0.5, 0.6) is 5.75 Å². The third kappa shape index (κ3) is 3.51. The second kappa shape index (κ2) is 6.51. The monoisotopic (exact) mass is 222 g/mol. The van der Waals surface area contributed by atoms with Crippen LogP contribution in [0.4, 0.5) is 0 Å². The molecule has 3 nitrogen and oxygen atoms in total. The Morgan fingerprint density at radius 2 is 1.81 bits per heavy atom. The molecule has 1 aromatic carbocycles. The van der Waals surface area contributed by atoms with E-state index < -0.39 is 0 Å². The number of methoxy groups -OCH3 is 1. The minimum atomic E-state index is 0.855. The molecule has 90 valence electrons. The van der Waals surface area contributed by atoms with Gasteiger partial charge in [-0.25, -0.2) is 0 Å². The first kappa shape index (κ1) is 13.0. The van der Waals surface area contributed by atoms with Crippen molar-refractivity contribution in [1.29, 1.82) is 0 Å². The van der Waals surface area contributed by atoms with Crippen molar-refractivity contribution < 1.29 is 4.74 Å². The lowest BCUT2D eigenvalue weighted by atomic mass is 10.0. The van der Waals surface area contributed by atoms with Gasteiger partial charge in [-0.05, 0) is 44.0 Å². The number of rotatable bonds is 6. The van der Waals surface area contributed by atoms with E-state index in [1.807, 2.05) is 7.05 Å². The molecule has 0 amide bonds. The molecule has 0 aromatic heterocycles. The molecule has 0 saturated heterocycles. The molecule has 1 aromatic rings. The van der Waals surface area contributed by atoms with Crippen molar-refractivity contribution in [2.75, 3.05) is 27.4 Å². The first-order valence-corrected chi connectivity index (χ1v) is 5.68. The summed E-state index contributed by atoms with van der Waals surface area (Å²) in [5.74, 6) is 1.01. The molecule has 2 N–H and O–H groups in total. The van der Waals surface area contributed by atoms with Crippen LogP contribution in [0, 0.1) is 13.8 Å². The van der Waals surface area contributed by atoms with E-state index in [1.165, 1.54) is 16.7 Å². The topological polar surface area (TPSA) is 33.3 Å². The van der Waals surface area contributed by atoms with Crippen molar-refractivity contribution in [1.82, 2.24) is 10.6 Å². The maximum Gasteiger partial charge on any atom is 0.124 e. The van der Waals surface area contributed by atoms with E-state index in [-0.39, 0.29) is 0 Å². The summed E-state index contributed by atoms with van der Waals surface area (Å²) in [6.07, 6.45) is 1.05. The quantitative estimate of drug-likeness (QED) is 0.567. The Hall–Kier alpha value is -1.06. The van der Waals surface area contributed by atoms with Crippen molar-refractivity contribution in [3.05, 3.63) is 28.8 Å². The Kier molecular flexibility index (Phi) is 5.29. The average molecular weight is 222 g/mol. The molecule has 3 heteroatoms. The van der Waals surface area contributed by atoms with Gasteiger partial charge in [0.25, 0.3) is 0 Å². The van der Waals surface area contributed by atoms with Crippen LogP contribution >= 0.6 is 0 Å². The van der Waals surface area contributed by atoms with Crippen LogP contribution in [0.25, 0.3) is 0 Å². The molecule has 0 heterocycles. The van der Waals surface area contributed by atoms with E-state index in [2.05, 4.69) is 36.6 Å². The number of hydrogen-bond donors (Lipinski definition) is 2. The van der Waals surface area contributed by atoms with Crippen LogP contribution in [0.1, 0.15) is 16.7 Å². The fraction of sp³-hybridized carbons (Fsp3) is 0.538. The first-order valence-electron chi connectivity index (χ1n) is 5.68. The zero-order chi connectivity index (χ0) is 12.0. The highest BCUT2D eigenvalue weighted by Crippen LogP contribution is 2.24. The van der Waals surface area contributed by atoms with Gasteiger partial charge in [0, 0.05) is 13.2 Å². The maximum atomic E-state index is 5.35. The summed E-state index contributed by atoms with van der Waals surface area (Å²) in [6, 6.07) is 4.40. The molecule has 0 fully saturated rings. The molecule has 16 heavy (non-hydrogen) atoms.